The van der Waals surface area contributed by atoms with E-state index >= 15 is 0 Å². The molecule has 1 aliphatic rings. The van der Waals surface area contributed by atoms with Crippen LogP contribution >= 0.6 is 11.6 Å². The van der Waals surface area contributed by atoms with Crippen molar-refractivity contribution in [3.63, 3.8) is 0 Å². The molecule has 2 nitrogen and oxygen atoms in total. The summed E-state index contributed by atoms with van der Waals surface area (Å²) in [6.07, 6.45) is 5.35. The minimum atomic E-state index is 0.384. The summed E-state index contributed by atoms with van der Waals surface area (Å²) in [6.45, 7) is 4.11. The van der Waals surface area contributed by atoms with E-state index in [-0.39, 0.29) is 0 Å². The summed E-state index contributed by atoms with van der Waals surface area (Å²) in [5.41, 5.74) is 6.26. The lowest BCUT2D eigenvalue weighted by atomic mass is 10.0. The Balaban J connectivity index is 1.46. The van der Waals surface area contributed by atoms with Gasteiger partial charge in [0, 0.05) is 17.8 Å². The lowest BCUT2D eigenvalue weighted by molar-refractivity contribution is 0.244. The van der Waals surface area contributed by atoms with Crippen LogP contribution in [-0.4, -0.2) is 16.4 Å². The van der Waals surface area contributed by atoms with Crippen LogP contribution in [0.25, 0.3) is 0 Å². The molecular formula is C24H25ClN2. The zero-order chi connectivity index (χ0) is 18.6. The van der Waals surface area contributed by atoms with Gasteiger partial charge in [-0.15, -0.1) is 0 Å². The van der Waals surface area contributed by atoms with Gasteiger partial charge in [0.15, 0.2) is 0 Å². The third kappa shape index (κ3) is 4.40. The maximum Gasteiger partial charge on any atom is 0.0575 e. The predicted molar refractivity (Wildman–Crippen MR) is 112 cm³/mol. The topological polar surface area (TPSA) is 16.1 Å². The number of nitrogens with zero attached hydrogens (tertiary/aromatic N) is 2. The molecular weight excluding hydrogens is 352 g/mol. The van der Waals surface area contributed by atoms with Crippen molar-refractivity contribution >= 4 is 11.6 Å². The van der Waals surface area contributed by atoms with E-state index in [0.717, 1.165) is 31.0 Å². The molecule has 0 amide bonds. The molecule has 0 bridgehead atoms. The van der Waals surface area contributed by atoms with Gasteiger partial charge in [-0.3, -0.25) is 9.88 Å². The van der Waals surface area contributed by atoms with Crippen molar-refractivity contribution in [3.05, 3.63) is 99.8 Å². The molecule has 2 aromatic carbocycles. The van der Waals surface area contributed by atoms with Crippen LogP contribution in [0.5, 0.6) is 0 Å². The number of likely N-dealkylation sites (tertiary alicyclic amines) is 1. The maximum absolute atomic E-state index is 6.36. The van der Waals surface area contributed by atoms with Crippen LogP contribution in [0.1, 0.15) is 46.8 Å². The highest BCUT2D eigenvalue weighted by Crippen LogP contribution is 2.33. The monoisotopic (exact) mass is 376 g/mol. The number of aryl methyl sites for hydroxylation is 1. The van der Waals surface area contributed by atoms with Gasteiger partial charge in [-0.2, -0.15) is 0 Å². The standard InChI is InChI=1S/C24H25ClN2/c1-18-8-10-19(11-9-18)15-20-12-13-23(26-16-20)24-7-4-14-27(24)17-21-5-2-3-6-22(21)25/h2-3,5-6,8-13,16,24H,4,7,14-15,17H2,1H3/t24-/m1/s1. The van der Waals surface area contributed by atoms with E-state index < -0.39 is 0 Å². The molecule has 0 saturated carbocycles. The predicted octanol–water partition coefficient (Wildman–Crippen LogP) is 5.97. The Labute approximate surface area is 166 Å². The van der Waals surface area contributed by atoms with Gasteiger partial charge in [-0.25, -0.2) is 0 Å². The van der Waals surface area contributed by atoms with Crippen molar-refractivity contribution < 1.29 is 0 Å². The number of benzene rings is 2. The molecule has 138 valence electrons. The van der Waals surface area contributed by atoms with Crippen molar-refractivity contribution in [2.75, 3.05) is 6.54 Å². The molecule has 1 saturated heterocycles. The average Bonchev–Trinajstić information content (AvgIpc) is 3.14. The Morgan fingerprint density at radius 3 is 2.52 bits per heavy atom. The summed E-state index contributed by atoms with van der Waals surface area (Å²) in [4.78, 5) is 7.32. The SMILES string of the molecule is Cc1ccc(Cc2ccc([C@H]3CCCN3Cc3ccccc3Cl)nc2)cc1. The van der Waals surface area contributed by atoms with Crippen molar-refractivity contribution in [2.24, 2.45) is 0 Å². The third-order valence-corrected chi connectivity index (χ3v) is 5.78. The molecule has 0 N–H and O–H groups in total. The molecule has 1 fully saturated rings. The Kier molecular flexibility index (Phi) is 5.56. The van der Waals surface area contributed by atoms with Crippen LogP contribution in [0.15, 0.2) is 66.9 Å². The van der Waals surface area contributed by atoms with Crippen molar-refractivity contribution in [1.82, 2.24) is 9.88 Å². The van der Waals surface area contributed by atoms with Crippen LogP contribution in [0, 0.1) is 6.92 Å². The number of aromatic nitrogens is 1. The van der Waals surface area contributed by atoms with Crippen LogP contribution < -0.4 is 0 Å². The van der Waals surface area contributed by atoms with Crippen LogP contribution in [-0.2, 0) is 13.0 Å². The summed E-state index contributed by atoms with van der Waals surface area (Å²) in [6, 6.07) is 21.7. The van der Waals surface area contributed by atoms with Gasteiger partial charge in [-0.1, -0.05) is 65.7 Å². The van der Waals surface area contributed by atoms with E-state index in [0.29, 0.717) is 6.04 Å². The van der Waals surface area contributed by atoms with Crippen molar-refractivity contribution in [2.45, 2.75) is 38.8 Å². The van der Waals surface area contributed by atoms with E-state index in [1.165, 1.54) is 34.4 Å². The van der Waals surface area contributed by atoms with Gasteiger partial charge in [-0.05, 0) is 61.6 Å². The zero-order valence-electron chi connectivity index (χ0n) is 15.7. The molecule has 0 spiro atoms. The summed E-state index contributed by atoms with van der Waals surface area (Å²) >= 11 is 6.36. The lowest BCUT2D eigenvalue weighted by Gasteiger charge is -2.24. The van der Waals surface area contributed by atoms with E-state index in [4.69, 9.17) is 16.6 Å². The highest BCUT2D eigenvalue weighted by Gasteiger charge is 2.27. The van der Waals surface area contributed by atoms with Crippen LogP contribution in [0.4, 0.5) is 0 Å². The number of hydrogen-bond acceptors (Lipinski definition) is 2. The van der Waals surface area contributed by atoms with Crippen molar-refractivity contribution in [1.29, 1.82) is 0 Å². The number of pyridine rings is 1. The molecule has 1 atom stereocenters. The Hall–Kier alpha value is -2.16. The van der Waals surface area contributed by atoms with Gasteiger partial charge in [0.1, 0.15) is 0 Å². The van der Waals surface area contributed by atoms with Crippen molar-refractivity contribution in [3.8, 4) is 0 Å². The third-order valence-electron chi connectivity index (χ3n) is 5.41. The minimum Gasteiger partial charge on any atom is -0.290 e. The molecule has 4 rings (SSSR count). The fourth-order valence-electron chi connectivity index (χ4n) is 3.87. The number of hydrogen-bond donors (Lipinski definition) is 0. The van der Waals surface area contributed by atoms with Gasteiger partial charge in [0.25, 0.3) is 0 Å². The molecule has 1 aromatic heterocycles. The molecule has 0 aliphatic carbocycles. The summed E-state index contributed by atoms with van der Waals surface area (Å²) in [5, 5.41) is 0.851. The average molecular weight is 377 g/mol. The second-order valence-electron chi connectivity index (χ2n) is 7.47. The van der Waals surface area contributed by atoms with Gasteiger partial charge < -0.3 is 0 Å². The zero-order valence-corrected chi connectivity index (χ0v) is 16.5. The second kappa shape index (κ2) is 8.24. The molecule has 0 radical (unpaired) electrons. The first-order valence-corrected chi connectivity index (χ1v) is 10.0. The first-order chi connectivity index (χ1) is 13.2. The molecule has 0 unspecified atom stereocenters. The highest BCUT2D eigenvalue weighted by atomic mass is 35.5. The maximum atomic E-state index is 6.36. The van der Waals surface area contributed by atoms with Crippen LogP contribution in [0.3, 0.4) is 0 Å². The summed E-state index contributed by atoms with van der Waals surface area (Å²) < 4.78 is 0. The van der Waals surface area contributed by atoms with E-state index in [9.17, 15) is 0 Å². The van der Waals surface area contributed by atoms with Gasteiger partial charge in [0.05, 0.1) is 11.7 Å². The Morgan fingerprint density at radius 1 is 1.00 bits per heavy atom. The number of halogens is 1. The van der Waals surface area contributed by atoms with Gasteiger partial charge >= 0.3 is 0 Å². The highest BCUT2D eigenvalue weighted by molar-refractivity contribution is 6.31. The number of rotatable bonds is 5. The molecule has 27 heavy (non-hydrogen) atoms. The molecule has 2 heterocycles. The van der Waals surface area contributed by atoms with Gasteiger partial charge in [0.2, 0.25) is 0 Å². The first kappa shape index (κ1) is 18.2. The van der Waals surface area contributed by atoms with E-state index in [1.54, 1.807) is 0 Å². The normalized spacial score (nSPS) is 17.3. The molecule has 3 aromatic rings. The fraction of sp³-hybridized carbons (Fsp3) is 0.292. The molecule has 1 aliphatic heterocycles. The quantitative estimate of drug-likeness (QED) is 0.545. The second-order valence-corrected chi connectivity index (χ2v) is 7.88. The van der Waals surface area contributed by atoms with Crippen LogP contribution in [0.2, 0.25) is 5.02 Å². The lowest BCUT2D eigenvalue weighted by Crippen LogP contribution is -2.23. The van der Waals surface area contributed by atoms with E-state index in [1.807, 2.05) is 18.3 Å². The summed E-state index contributed by atoms with van der Waals surface area (Å²) in [5.74, 6) is 0. The fourth-order valence-corrected chi connectivity index (χ4v) is 4.07. The Morgan fingerprint density at radius 2 is 1.78 bits per heavy atom. The molecule has 3 heteroatoms. The smallest absolute Gasteiger partial charge is 0.0575 e. The Bertz CT molecular complexity index is 887. The summed E-state index contributed by atoms with van der Waals surface area (Å²) in [7, 11) is 0. The minimum absolute atomic E-state index is 0.384. The first-order valence-electron chi connectivity index (χ1n) is 9.67. The van der Waals surface area contributed by atoms with E-state index in [2.05, 4.69) is 60.4 Å². The largest absolute Gasteiger partial charge is 0.290 e.